The third-order valence-corrected chi connectivity index (χ3v) is 4.92. The predicted molar refractivity (Wildman–Crippen MR) is 89.1 cm³/mol. The van der Waals surface area contributed by atoms with Crippen LogP contribution in [0.3, 0.4) is 0 Å². The molecule has 0 aromatic heterocycles. The summed E-state index contributed by atoms with van der Waals surface area (Å²) in [6.07, 6.45) is -2.39. The lowest BCUT2D eigenvalue weighted by atomic mass is 9.96. The van der Waals surface area contributed by atoms with Crippen molar-refractivity contribution < 1.29 is 32.6 Å². The van der Waals surface area contributed by atoms with Crippen LogP contribution in [-0.4, -0.2) is 47.9 Å². The second-order valence-electron chi connectivity index (χ2n) is 7.02. The minimum atomic E-state index is -4.67. The molecule has 1 saturated heterocycles. The van der Waals surface area contributed by atoms with Crippen molar-refractivity contribution >= 4 is 12.0 Å². The topological polar surface area (TPSA) is 78.9 Å². The average molecular weight is 386 g/mol. The molecule has 148 valence electrons. The molecule has 1 aliphatic carbocycles. The van der Waals surface area contributed by atoms with Crippen molar-refractivity contribution in [2.75, 3.05) is 19.7 Å². The van der Waals surface area contributed by atoms with Gasteiger partial charge in [0.15, 0.2) is 0 Å². The van der Waals surface area contributed by atoms with Crippen molar-refractivity contribution in [3.8, 4) is 5.75 Å². The zero-order chi connectivity index (χ0) is 19.6. The quantitative estimate of drug-likeness (QED) is 0.788. The minimum Gasteiger partial charge on any atom is -0.493 e. The molecule has 1 saturated carbocycles. The van der Waals surface area contributed by atoms with Gasteiger partial charge in [0.05, 0.1) is 18.4 Å². The van der Waals surface area contributed by atoms with Crippen LogP contribution >= 0.6 is 0 Å². The van der Waals surface area contributed by atoms with Crippen LogP contribution in [0.25, 0.3) is 0 Å². The van der Waals surface area contributed by atoms with E-state index in [4.69, 9.17) is 9.84 Å². The number of nitrogens with zero attached hydrogens (tertiary/aromatic N) is 1. The highest BCUT2D eigenvalue weighted by Crippen LogP contribution is 2.37. The van der Waals surface area contributed by atoms with Gasteiger partial charge in [0.25, 0.3) is 0 Å². The second-order valence-corrected chi connectivity index (χ2v) is 7.02. The number of carbonyl (C=O) groups excluding carboxylic acids is 1. The van der Waals surface area contributed by atoms with Gasteiger partial charge < -0.3 is 20.1 Å². The number of alkyl halides is 3. The third kappa shape index (κ3) is 4.84. The Balaban J connectivity index is 1.59. The average Bonchev–Trinajstić information content (AvgIpc) is 3.31. The molecule has 2 N–H and O–H groups in total. The molecule has 0 unspecified atom stereocenters. The van der Waals surface area contributed by atoms with Crippen molar-refractivity contribution in [3.63, 3.8) is 0 Å². The van der Waals surface area contributed by atoms with Gasteiger partial charge >= 0.3 is 18.2 Å². The Kier molecular flexibility index (Phi) is 5.48. The maximum atomic E-state index is 13.0. The highest BCUT2D eigenvalue weighted by molar-refractivity contribution is 5.77. The van der Waals surface area contributed by atoms with Crippen LogP contribution in [-0.2, 0) is 11.3 Å². The molecule has 1 aromatic carbocycles. The van der Waals surface area contributed by atoms with E-state index in [9.17, 15) is 22.8 Å². The molecule has 3 rings (SSSR count). The van der Waals surface area contributed by atoms with Gasteiger partial charge in [-0.2, -0.15) is 13.2 Å². The first-order valence-electron chi connectivity index (χ1n) is 8.78. The molecule has 2 amide bonds. The number of carbonyl (C=O) groups is 2. The summed E-state index contributed by atoms with van der Waals surface area (Å²) in [7, 11) is 0. The number of urea groups is 1. The molecule has 2 fully saturated rings. The van der Waals surface area contributed by atoms with E-state index in [1.54, 1.807) is 24.3 Å². The summed E-state index contributed by atoms with van der Waals surface area (Å²) in [5.74, 6) is -4.07. The fourth-order valence-electron chi connectivity index (χ4n) is 3.12. The number of aliphatic carboxylic acids is 1. The van der Waals surface area contributed by atoms with E-state index in [1.165, 1.54) is 0 Å². The van der Waals surface area contributed by atoms with Crippen molar-refractivity contribution in [1.82, 2.24) is 10.2 Å². The van der Waals surface area contributed by atoms with Crippen LogP contribution in [0.5, 0.6) is 5.75 Å². The fraction of sp³-hybridized carbons (Fsp3) is 0.556. The van der Waals surface area contributed by atoms with Gasteiger partial charge in [-0.05, 0) is 24.8 Å². The molecule has 6 nitrogen and oxygen atoms in total. The normalized spacial score (nSPS) is 22.6. The molecule has 2 aliphatic rings. The van der Waals surface area contributed by atoms with Crippen LogP contribution in [0.2, 0.25) is 0 Å². The summed E-state index contributed by atoms with van der Waals surface area (Å²) >= 11 is 0. The van der Waals surface area contributed by atoms with Gasteiger partial charge in [-0.3, -0.25) is 4.79 Å². The number of hydrogen-bond acceptors (Lipinski definition) is 3. The van der Waals surface area contributed by atoms with E-state index < -0.39 is 43.1 Å². The van der Waals surface area contributed by atoms with E-state index in [2.05, 4.69) is 5.32 Å². The molecule has 1 aliphatic heterocycles. The smallest absolute Gasteiger partial charge is 0.394 e. The molecular formula is C18H21F3N2O4. The summed E-state index contributed by atoms with van der Waals surface area (Å²) in [5.41, 5.74) is 0.716. The number of halogens is 3. The molecule has 2 atom stereocenters. The minimum absolute atomic E-state index is 0.0879. The highest BCUT2D eigenvalue weighted by Gasteiger charge is 2.53. The number of carboxylic acids is 1. The van der Waals surface area contributed by atoms with Crippen molar-refractivity contribution in [3.05, 3.63) is 29.8 Å². The molecule has 0 spiro atoms. The first-order chi connectivity index (χ1) is 12.8. The highest BCUT2D eigenvalue weighted by atomic mass is 19.4. The lowest BCUT2D eigenvalue weighted by Gasteiger charge is -2.19. The summed E-state index contributed by atoms with van der Waals surface area (Å²) in [6, 6.07) is 6.41. The van der Waals surface area contributed by atoms with Gasteiger partial charge in [-0.25, -0.2) is 4.79 Å². The van der Waals surface area contributed by atoms with E-state index in [0.717, 1.165) is 17.7 Å². The van der Waals surface area contributed by atoms with Gasteiger partial charge in [-0.1, -0.05) is 18.2 Å². The van der Waals surface area contributed by atoms with Crippen LogP contribution in [0.4, 0.5) is 18.0 Å². The number of likely N-dealkylation sites (tertiary alicyclic amines) is 1. The molecule has 1 aromatic rings. The Hall–Kier alpha value is -2.45. The van der Waals surface area contributed by atoms with Crippen molar-refractivity contribution in [1.29, 1.82) is 0 Å². The Morgan fingerprint density at radius 2 is 1.93 bits per heavy atom. The van der Waals surface area contributed by atoms with Crippen LogP contribution in [0.15, 0.2) is 24.3 Å². The first kappa shape index (κ1) is 19.3. The summed E-state index contributed by atoms with van der Waals surface area (Å²) < 4.78 is 44.8. The Morgan fingerprint density at radius 3 is 2.52 bits per heavy atom. The maximum absolute atomic E-state index is 13.0. The van der Waals surface area contributed by atoms with E-state index in [0.29, 0.717) is 23.8 Å². The van der Waals surface area contributed by atoms with Gasteiger partial charge in [0, 0.05) is 25.2 Å². The zero-order valence-electron chi connectivity index (χ0n) is 14.5. The largest absolute Gasteiger partial charge is 0.493 e. The number of hydrogen-bond donors (Lipinski definition) is 2. The maximum Gasteiger partial charge on any atom is 0.394 e. The summed E-state index contributed by atoms with van der Waals surface area (Å²) in [4.78, 5) is 24.3. The van der Waals surface area contributed by atoms with E-state index >= 15 is 0 Å². The Bertz CT molecular complexity index is 706. The molecule has 27 heavy (non-hydrogen) atoms. The van der Waals surface area contributed by atoms with Crippen molar-refractivity contribution in [2.45, 2.75) is 25.6 Å². The zero-order valence-corrected chi connectivity index (χ0v) is 14.5. The van der Waals surface area contributed by atoms with Crippen LogP contribution in [0, 0.1) is 17.8 Å². The third-order valence-electron chi connectivity index (χ3n) is 4.92. The number of ether oxygens (including phenoxy) is 1. The lowest BCUT2D eigenvalue weighted by molar-refractivity contribution is -0.187. The summed E-state index contributed by atoms with van der Waals surface area (Å²) in [5, 5.41) is 11.6. The summed E-state index contributed by atoms with van der Waals surface area (Å²) in [6.45, 7) is -0.438. The van der Waals surface area contributed by atoms with E-state index in [-0.39, 0.29) is 6.54 Å². The number of para-hydroxylation sites is 1. The van der Waals surface area contributed by atoms with Crippen LogP contribution < -0.4 is 10.1 Å². The number of benzene rings is 1. The Morgan fingerprint density at radius 1 is 1.22 bits per heavy atom. The monoisotopic (exact) mass is 386 g/mol. The standard InChI is InChI=1S/C18H21F3N2O4/c19-18(20,21)14-9-23(8-13(14)16(24)25)17(26)22-7-12-3-1-2-4-15(12)27-10-11-5-6-11/h1-4,11,13-14H,5-10H2,(H,22,26)(H,24,25)/t13-,14-/m1/s1. The number of amides is 2. The first-order valence-corrected chi connectivity index (χ1v) is 8.78. The SMILES string of the molecule is O=C(O)[C@@H]1CN(C(=O)NCc2ccccc2OCC2CC2)C[C@H]1C(F)(F)F. The molecule has 9 heteroatoms. The predicted octanol–water partition coefficient (Wildman–Crippen LogP) is 2.88. The van der Waals surface area contributed by atoms with Gasteiger partial charge in [0.2, 0.25) is 0 Å². The second kappa shape index (κ2) is 7.66. The molecule has 0 bridgehead atoms. The fourth-order valence-corrected chi connectivity index (χ4v) is 3.12. The Labute approximate surface area is 154 Å². The molecule has 0 radical (unpaired) electrons. The number of carboxylic acid groups (broad SMARTS) is 1. The van der Waals surface area contributed by atoms with Crippen LogP contribution in [0.1, 0.15) is 18.4 Å². The van der Waals surface area contributed by atoms with Crippen molar-refractivity contribution in [2.24, 2.45) is 17.8 Å². The number of nitrogens with one attached hydrogen (secondary N) is 1. The molecular weight excluding hydrogens is 365 g/mol. The van der Waals surface area contributed by atoms with Gasteiger partial charge in [-0.15, -0.1) is 0 Å². The number of rotatable bonds is 6. The van der Waals surface area contributed by atoms with E-state index in [1.807, 2.05) is 0 Å². The van der Waals surface area contributed by atoms with Gasteiger partial charge in [0.1, 0.15) is 5.75 Å². The lowest BCUT2D eigenvalue weighted by Crippen LogP contribution is -2.39. The molecule has 1 heterocycles.